The van der Waals surface area contributed by atoms with Crippen LogP contribution in [-0.4, -0.2) is 35.6 Å². The molecule has 1 aromatic carbocycles. The average molecular weight is 428 g/mol. The molecular weight excluding hydrogens is 402 g/mol. The molecule has 158 valence electrons. The van der Waals surface area contributed by atoms with E-state index in [-0.39, 0.29) is 22.8 Å². The van der Waals surface area contributed by atoms with E-state index >= 15 is 0 Å². The van der Waals surface area contributed by atoms with Crippen LogP contribution in [-0.2, 0) is 15.4 Å². The second-order valence-corrected chi connectivity index (χ2v) is 10.4. The lowest BCUT2D eigenvalue weighted by Crippen LogP contribution is -2.34. The van der Waals surface area contributed by atoms with Crippen LogP contribution in [0.5, 0.6) is 0 Å². The average Bonchev–Trinajstić information content (AvgIpc) is 3.40. The SMILES string of the molecule is CS(=O)(=O)c1ccc(C(=O)N[C@H](c2cn(C3(C#N)CC3)nn2)C2CCCCC2)cc1. The van der Waals surface area contributed by atoms with Gasteiger partial charge in [0.25, 0.3) is 5.91 Å². The highest BCUT2D eigenvalue weighted by Crippen LogP contribution is 2.43. The van der Waals surface area contributed by atoms with Crippen LogP contribution in [0.15, 0.2) is 35.4 Å². The van der Waals surface area contributed by atoms with Crippen molar-refractivity contribution in [2.45, 2.75) is 61.4 Å². The summed E-state index contributed by atoms with van der Waals surface area (Å²) in [4.78, 5) is 13.1. The van der Waals surface area contributed by atoms with Crippen LogP contribution in [0.3, 0.4) is 0 Å². The lowest BCUT2D eigenvalue weighted by atomic mass is 9.82. The van der Waals surface area contributed by atoms with Crippen LogP contribution < -0.4 is 5.32 Å². The van der Waals surface area contributed by atoms with Crippen LogP contribution in [0.25, 0.3) is 0 Å². The predicted molar refractivity (Wildman–Crippen MR) is 109 cm³/mol. The third kappa shape index (κ3) is 4.10. The van der Waals surface area contributed by atoms with Crippen molar-refractivity contribution in [2.75, 3.05) is 6.26 Å². The number of nitrogens with zero attached hydrogens (tertiary/aromatic N) is 4. The zero-order chi connectivity index (χ0) is 21.4. The topological polar surface area (TPSA) is 118 Å². The van der Waals surface area contributed by atoms with E-state index in [1.165, 1.54) is 30.7 Å². The van der Waals surface area contributed by atoms with Crippen molar-refractivity contribution in [3.8, 4) is 6.07 Å². The van der Waals surface area contributed by atoms with Crippen molar-refractivity contribution in [3.63, 3.8) is 0 Å². The van der Waals surface area contributed by atoms with E-state index in [0.717, 1.165) is 44.8 Å². The molecule has 30 heavy (non-hydrogen) atoms. The summed E-state index contributed by atoms with van der Waals surface area (Å²) in [5, 5.41) is 21.0. The minimum Gasteiger partial charge on any atom is -0.343 e. The summed E-state index contributed by atoms with van der Waals surface area (Å²) < 4.78 is 24.9. The Bertz CT molecular complexity index is 1070. The normalized spacial score (nSPS) is 19.6. The van der Waals surface area contributed by atoms with Crippen molar-refractivity contribution >= 4 is 15.7 Å². The van der Waals surface area contributed by atoms with Crippen molar-refractivity contribution in [1.29, 1.82) is 5.26 Å². The molecule has 2 saturated carbocycles. The van der Waals surface area contributed by atoms with E-state index in [1.807, 2.05) is 0 Å². The fraction of sp³-hybridized carbons (Fsp3) is 0.524. The van der Waals surface area contributed by atoms with Gasteiger partial charge >= 0.3 is 0 Å². The molecule has 0 aliphatic heterocycles. The number of aromatic nitrogens is 3. The van der Waals surface area contributed by atoms with E-state index in [0.29, 0.717) is 11.3 Å². The van der Waals surface area contributed by atoms with Crippen molar-refractivity contribution in [2.24, 2.45) is 5.92 Å². The van der Waals surface area contributed by atoms with Gasteiger partial charge in [-0.15, -0.1) is 5.10 Å². The molecule has 2 fully saturated rings. The van der Waals surface area contributed by atoms with E-state index in [4.69, 9.17) is 0 Å². The first kappa shape index (κ1) is 20.5. The second-order valence-electron chi connectivity index (χ2n) is 8.38. The highest BCUT2D eigenvalue weighted by atomic mass is 32.2. The summed E-state index contributed by atoms with van der Waals surface area (Å²) >= 11 is 0. The largest absolute Gasteiger partial charge is 0.343 e. The zero-order valence-electron chi connectivity index (χ0n) is 16.9. The Kier molecular flexibility index (Phi) is 5.36. The van der Waals surface area contributed by atoms with Crippen molar-refractivity contribution in [3.05, 3.63) is 41.7 Å². The van der Waals surface area contributed by atoms with E-state index in [9.17, 15) is 18.5 Å². The van der Waals surface area contributed by atoms with Gasteiger partial charge in [-0.2, -0.15) is 5.26 Å². The van der Waals surface area contributed by atoms with Crippen LogP contribution in [0.2, 0.25) is 0 Å². The van der Waals surface area contributed by atoms with Crippen LogP contribution >= 0.6 is 0 Å². The first-order valence-corrected chi connectivity index (χ1v) is 12.2. The summed E-state index contributed by atoms with van der Waals surface area (Å²) in [5.41, 5.74) is 0.476. The van der Waals surface area contributed by atoms with Gasteiger partial charge in [-0.3, -0.25) is 4.79 Å². The lowest BCUT2D eigenvalue weighted by Gasteiger charge is -2.29. The van der Waals surface area contributed by atoms with Crippen LogP contribution in [0, 0.1) is 17.2 Å². The summed E-state index contributed by atoms with van der Waals surface area (Å²) in [6.45, 7) is 0. The number of hydrogen-bond acceptors (Lipinski definition) is 6. The molecule has 1 amide bonds. The van der Waals surface area contributed by atoms with Gasteiger partial charge in [0, 0.05) is 11.8 Å². The Balaban J connectivity index is 1.57. The maximum atomic E-state index is 12.9. The molecule has 0 spiro atoms. The van der Waals surface area contributed by atoms with Gasteiger partial charge < -0.3 is 5.32 Å². The van der Waals surface area contributed by atoms with E-state index in [2.05, 4.69) is 21.7 Å². The molecule has 0 unspecified atom stereocenters. The number of nitrogens with one attached hydrogen (secondary N) is 1. The molecule has 2 aromatic rings. The molecule has 9 heteroatoms. The minimum absolute atomic E-state index is 0.178. The van der Waals surface area contributed by atoms with Gasteiger partial charge in [-0.1, -0.05) is 24.5 Å². The Labute approximate surface area is 176 Å². The van der Waals surface area contributed by atoms with Crippen molar-refractivity contribution < 1.29 is 13.2 Å². The molecule has 0 radical (unpaired) electrons. The molecule has 1 aromatic heterocycles. The van der Waals surface area contributed by atoms with Gasteiger partial charge in [0.1, 0.15) is 5.69 Å². The van der Waals surface area contributed by atoms with Crippen LogP contribution in [0.1, 0.15) is 67.0 Å². The minimum atomic E-state index is -3.32. The molecule has 4 rings (SSSR count). The standard InChI is InChI=1S/C21H25N5O3S/c1-30(28,29)17-9-7-16(8-10-17)20(27)23-19(15-5-3-2-4-6-15)18-13-26(25-24-18)21(14-22)11-12-21/h7-10,13,15,19H,2-6,11-12H2,1H3,(H,23,27)/t19-/m0/s1. The third-order valence-corrected chi connectivity index (χ3v) is 7.28. The molecular formula is C21H25N5O3S. The van der Waals surface area contributed by atoms with E-state index in [1.54, 1.807) is 10.9 Å². The molecule has 1 atom stereocenters. The number of hydrogen-bond donors (Lipinski definition) is 1. The number of nitriles is 1. The van der Waals surface area contributed by atoms with Gasteiger partial charge in [0.05, 0.1) is 23.2 Å². The molecule has 0 saturated heterocycles. The maximum absolute atomic E-state index is 12.9. The highest BCUT2D eigenvalue weighted by molar-refractivity contribution is 7.90. The molecule has 2 aliphatic carbocycles. The monoisotopic (exact) mass is 427 g/mol. The quantitative estimate of drug-likeness (QED) is 0.757. The highest BCUT2D eigenvalue weighted by Gasteiger charge is 2.47. The molecule has 1 N–H and O–H groups in total. The number of benzene rings is 1. The van der Waals surface area contributed by atoms with Gasteiger partial charge in [0.15, 0.2) is 15.4 Å². The van der Waals surface area contributed by atoms with Gasteiger partial charge in [0.2, 0.25) is 0 Å². The molecule has 2 aliphatic rings. The van der Waals surface area contributed by atoms with Gasteiger partial charge in [-0.25, -0.2) is 13.1 Å². The molecule has 0 bridgehead atoms. The zero-order valence-corrected chi connectivity index (χ0v) is 17.7. The predicted octanol–water partition coefficient (Wildman–Crippen LogP) is 2.75. The third-order valence-electron chi connectivity index (χ3n) is 6.15. The number of carbonyl (C=O) groups is 1. The number of amides is 1. The Morgan fingerprint density at radius 1 is 1.23 bits per heavy atom. The summed E-state index contributed by atoms with van der Waals surface area (Å²) in [6, 6.07) is 7.95. The summed E-state index contributed by atoms with van der Waals surface area (Å²) in [5.74, 6) is -0.0259. The smallest absolute Gasteiger partial charge is 0.251 e. The Morgan fingerprint density at radius 2 is 1.90 bits per heavy atom. The fourth-order valence-corrected chi connectivity index (χ4v) is 4.75. The Morgan fingerprint density at radius 3 is 2.47 bits per heavy atom. The van der Waals surface area contributed by atoms with Gasteiger partial charge in [-0.05, 0) is 55.9 Å². The number of carbonyl (C=O) groups excluding carboxylic acids is 1. The number of sulfone groups is 1. The first-order valence-electron chi connectivity index (χ1n) is 10.3. The van der Waals surface area contributed by atoms with E-state index < -0.39 is 15.4 Å². The second kappa shape index (κ2) is 7.84. The van der Waals surface area contributed by atoms with Crippen molar-refractivity contribution in [1.82, 2.24) is 20.3 Å². The Hall–Kier alpha value is -2.73. The fourth-order valence-electron chi connectivity index (χ4n) is 4.12. The maximum Gasteiger partial charge on any atom is 0.251 e. The number of rotatable bonds is 6. The lowest BCUT2D eigenvalue weighted by molar-refractivity contribution is 0.0910. The summed E-state index contributed by atoms with van der Waals surface area (Å²) in [6.07, 6.45) is 9.85. The summed E-state index contributed by atoms with van der Waals surface area (Å²) in [7, 11) is -3.32. The van der Waals surface area contributed by atoms with Crippen LogP contribution in [0.4, 0.5) is 0 Å². The molecule has 1 heterocycles. The first-order chi connectivity index (χ1) is 14.3. The molecule has 8 nitrogen and oxygen atoms in total.